The van der Waals surface area contributed by atoms with Gasteiger partial charge in [-0.2, -0.15) is 0 Å². The minimum Gasteiger partial charge on any atom is -1.00 e. The average molecular weight is 205 g/mol. The summed E-state index contributed by atoms with van der Waals surface area (Å²) in [7, 11) is 0. The van der Waals surface area contributed by atoms with E-state index >= 15 is 0 Å². The first-order valence-electron chi connectivity index (χ1n) is 0.651. The Hall–Kier alpha value is 1.00. The summed E-state index contributed by atoms with van der Waals surface area (Å²) in [5.74, 6) is 0. The molecule has 0 unspecified atom stereocenters. The van der Waals surface area contributed by atoms with Gasteiger partial charge < -0.3 is 19.2 Å². The average Bonchev–Trinajstić information content (AvgIpc) is 0.811. The molecule has 4 nitrogen and oxygen atoms in total. The first kappa shape index (κ1) is 24.5. The van der Waals surface area contributed by atoms with E-state index in [0.29, 0.717) is 0 Å². The molecular formula is CH8ClNO3Sr. The van der Waals surface area contributed by atoms with E-state index in [1.165, 1.54) is 0 Å². The summed E-state index contributed by atoms with van der Waals surface area (Å²) in [6, 6.07) is 0. The SMILES string of the molecule is Cl.N.O=C(O)O.[H-].[H-].[Sr+2]. The van der Waals surface area contributed by atoms with Gasteiger partial charge in [0.2, 0.25) is 0 Å². The van der Waals surface area contributed by atoms with Gasteiger partial charge in [0.15, 0.2) is 0 Å². The monoisotopic (exact) mass is 205 g/mol. The van der Waals surface area contributed by atoms with Crippen LogP contribution in [0.4, 0.5) is 4.79 Å². The minimum absolute atomic E-state index is 0. The molecule has 0 heterocycles. The largest absolute Gasteiger partial charge is 2.00 e. The van der Waals surface area contributed by atoms with E-state index in [4.69, 9.17) is 15.0 Å². The summed E-state index contributed by atoms with van der Waals surface area (Å²) in [5, 5.41) is 13.9. The van der Waals surface area contributed by atoms with Gasteiger partial charge in [-0.15, -0.1) is 12.4 Å². The van der Waals surface area contributed by atoms with Gasteiger partial charge in [0.1, 0.15) is 0 Å². The Labute approximate surface area is 87.1 Å². The fourth-order valence-corrected chi connectivity index (χ4v) is 0. The van der Waals surface area contributed by atoms with Crippen LogP contribution in [0.25, 0.3) is 0 Å². The van der Waals surface area contributed by atoms with Crippen LogP contribution < -0.4 is 6.15 Å². The molecule has 5 N–H and O–H groups in total. The molecule has 0 rings (SSSR count). The van der Waals surface area contributed by atoms with E-state index < -0.39 is 6.16 Å². The summed E-state index contributed by atoms with van der Waals surface area (Å²) in [6.45, 7) is 0. The van der Waals surface area contributed by atoms with Crippen LogP contribution >= 0.6 is 12.4 Å². The smallest absolute Gasteiger partial charge is 1.00 e. The van der Waals surface area contributed by atoms with Crippen molar-refractivity contribution in [3.8, 4) is 0 Å². The van der Waals surface area contributed by atoms with Gasteiger partial charge in [0.25, 0.3) is 0 Å². The Bertz CT molecular complexity index is 44.8. The van der Waals surface area contributed by atoms with Gasteiger partial charge in [-0.3, -0.25) is 0 Å². The molecule has 0 aliphatic heterocycles. The van der Waals surface area contributed by atoms with Crippen molar-refractivity contribution in [2.75, 3.05) is 0 Å². The molecule has 0 aliphatic rings. The first-order valence-corrected chi connectivity index (χ1v) is 0.651. The summed E-state index contributed by atoms with van der Waals surface area (Å²) in [6.07, 6.45) is -1.83. The van der Waals surface area contributed by atoms with E-state index in [1.807, 2.05) is 0 Å². The predicted octanol–water partition coefficient (Wildman–Crippen LogP) is 0.650. The zero-order valence-electron chi connectivity index (χ0n) is 5.63. The standard InChI is InChI=1S/CH2O3.ClH.H3N.Sr.2H/c2-1(3)4;;;;;/h(H2,2,3,4);1H;1H3;;;/q;;;+2;2*-1. The molecule has 44 valence electrons. The second-order valence-corrected chi connectivity index (χ2v) is 0.283. The Kier molecular flexibility index (Phi) is 55.1. The number of halogens is 1. The number of rotatable bonds is 0. The van der Waals surface area contributed by atoms with Crippen molar-refractivity contribution in [2.45, 2.75) is 0 Å². The van der Waals surface area contributed by atoms with Gasteiger partial charge in [0, 0.05) is 0 Å². The third-order valence-electron chi connectivity index (χ3n) is 0. The van der Waals surface area contributed by atoms with E-state index in [1.54, 1.807) is 0 Å². The quantitative estimate of drug-likeness (QED) is 0.506. The third-order valence-corrected chi connectivity index (χ3v) is 0. The van der Waals surface area contributed by atoms with Crippen molar-refractivity contribution in [3.63, 3.8) is 0 Å². The van der Waals surface area contributed by atoms with E-state index in [9.17, 15) is 0 Å². The fourth-order valence-electron chi connectivity index (χ4n) is 0. The molecule has 0 spiro atoms. The molecule has 0 atom stereocenters. The second-order valence-electron chi connectivity index (χ2n) is 0.283. The Morgan fingerprint density at radius 3 is 1.43 bits per heavy atom. The molecule has 0 radical (unpaired) electrons. The molecule has 0 aliphatic carbocycles. The predicted molar refractivity (Wildman–Crippen MR) is 30.9 cm³/mol. The van der Waals surface area contributed by atoms with E-state index in [0.717, 1.165) is 0 Å². The maximum absolute atomic E-state index is 8.56. The van der Waals surface area contributed by atoms with Crippen molar-refractivity contribution in [1.29, 1.82) is 0 Å². The van der Waals surface area contributed by atoms with Crippen molar-refractivity contribution in [3.05, 3.63) is 0 Å². The number of hydrogen-bond acceptors (Lipinski definition) is 2. The van der Waals surface area contributed by atoms with Crippen LogP contribution in [0.5, 0.6) is 0 Å². The van der Waals surface area contributed by atoms with Crippen molar-refractivity contribution in [1.82, 2.24) is 6.15 Å². The molecule has 0 aromatic rings. The van der Waals surface area contributed by atoms with Gasteiger partial charge in [-0.05, 0) is 0 Å². The summed E-state index contributed by atoms with van der Waals surface area (Å²) < 4.78 is 0. The van der Waals surface area contributed by atoms with Crippen LogP contribution in [-0.2, 0) is 0 Å². The molecule has 0 aromatic heterocycles. The molecule has 0 saturated carbocycles. The van der Waals surface area contributed by atoms with Crippen LogP contribution in [-0.4, -0.2) is 61.9 Å². The Morgan fingerprint density at radius 1 is 1.43 bits per heavy atom. The number of carboxylic acid groups (broad SMARTS) is 2. The molecular weight excluding hydrogens is 197 g/mol. The van der Waals surface area contributed by atoms with Crippen LogP contribution in [0.3, 0.4) is 0 Å². The normalized spacial score (nSPS) is 3.43. The maximum atomic E-state index is 8.56. The van der Waals surface area contributed by atoms with Gasteiger partial charge >= 0.3 is 51.6 Å². The maximum Gasteiger partial charge on any atom is 2.00 e. The molecule has 0 aromatic carbocycles. The van der Waals surface area contributed by atoms with Crippen LogP contribution in [0, 0.1) is 0 Å². The Balaban J connectivity index is -0.00000000450. The molecule has 0 amide bonds. The summed E-state index contributed by atoms with van der Waals surface area (Å²) in [4.78, 5) is 8.56. The van der Waals surface area contributed by atoms with Crippen molar-refractivity contribution in [2.24, 2.45) is 0 Å². The molecule has 0 bridgehead atoms. The van der Waals surface area contributed by atoms with Gasteiger partial charge in [0.05, 0.1) is 0 Å². The second kappa shape index (κ2) is 15.7. The van der Waals surface area contributed by atoms with Crippen molar-refractivity contribution < 1.29 is 17.9 Å². The Morgan fingerprint density at radius 2 is 1.43 bits per heavy atom. The molecule has 0 fully saturated rings. The molecule has 7 heavy (non-hydrogen) atoms. The van der Waals surface area contributed by atoms with Crippen LogP contribution in [0.15, 0.2) is 0 Å². The topological polar surface area (TPSA) is 92.5 Å². The molecule has 6 heteroatoms. The number of carbonyl (C=O) groups is 1. The van der Waals surface area contributed by atoms with E-state index in [-0.39, 0.29) is 66.9 Å². The van der Waals surface area contributed by atoms with Crippen LogP contribution in [0.1, 0.15) is 2.85 Å². The van der Waals surface area contributed by atoms with E-state index in [2.05, 4.69) is 0 Å². The minimum atomic E-state index is -1.83. The van der Waals surface area contributed by atoms with Gasteiger partial charge in [-0.25, -0.2) is 4.79 Å². The summed E-state index contributed by atoms with van der Waals surface area (Å²) in [5.41, 5.74) is 0. The fraction of sp³-hybridized carbons (Fsp3) is 0. The zero-order chi connectivity index (χ0) is 3.58. The molecule has 0 saturated heterocycles. The number of hydrogen-bond donors (Lipinski definition) is 3. The first-order chi connectivity index (χ1) is 1.73. The zero-order valence-corrected chi connectivity index (χ0v) is 7.92. The van der Waals surface area contributed by atoms with Gasteiger partial charge in [-0.1, -0.05) is 0 Å². The van der Waals surface area contributed by atoms with Crippen LogP contribution in [0.2, 0.25) is 0 Å². The van der Waals surface area contributed by atoms with Crippen molar-refractivity contribution >= 4 is 64.0 Å². The summed E-state index contributed by atoms with van der Waals surface area (Å²) >= 11 is 0. The third kappa shape index (κ3) is 175.